The van der Waals surface area contributed by atoms with E-state index in [0.29, 0.717) is 12.3 Å². The van der Waals surface area contributed by atoms with Gasteiger partial charge in [0.2, 0.25) is 0 Å². The van der Waals surface area contributed by atoms with Crippen molar-refractivity contribution in [1.29, 1.82) is 0 Å². The van der Waals surface area contributed by atoms with Gasteiger partial charge in [-0.1, -0.05) is 5.16 Å². The normalized spacial score (nSPS) is 14.4. The number of aromatic carboxylic acids is 1. The molecule has 1 aliphatic rings. The zero-order valence-corrected chi connectivity index (χ0v) is 10.7. The maximum Gasteiger partial charge on any atom is 0.358 e. The third-order valence-corrected chi connectivity index (χ3v) is 3.52. The van der Waals surface area contributed by atoms with Crippen LogP contribution in [0.3, 0.4) is 0 Å². The van der Waals surface area contributed by atoms with E-state index in [1.807, 2.05) is 6.92 Å². The molecule has 0 radical (unpaired) electrons. The third-order valence-electron chi connectivity index (χ3n) is 3.52. The Labute approximate surface area is 110 Å². The lowest BCUT2D eigenvalue weighted by Crippen LogP contribution is -2.10. The van der Waals surface area contributed by atoms with E-state index in [0.717, 1.165) is 18.7 Å². The second kappa shape index (κ2) is 4.53. The molecule has 1 N–H and O–H groups in total. The Bertz CT molecular complexity index is 627. The molecule has 2 aromatic rings. The summed E-state index contributed by atoms with van der Waals surface area (Å²) < 4.78 is 7.16. The fourth-order valence-corrected chi connectivity index (χ4v) is 2.59. The zero-order valence-electron chi connectivity index (χ0n) is 10.7. The molecule has 0 bridgehead atoms. The first-order valence-corrected chi connectivity index (χ1v) is 6.39. The summed E-state index contributed by atoms with van der Waals surface area (Å²) in [5.41, 5.74) is 2.36. The first kappa shape index (κ1) is 12.0. The van der Waals surface area contributed by atoms with E-state index < -0.39 is 5.97 Å². The number of carbonyl (C=O) groups is 1. The van der Waals surface area contributed by atoms with Gasteiger partial charge in [0, 0.05) is 11.8 Å². The number of hydrogen-bond acceptors (Lipinski definition) is 4. The summed E-state index contributed by atoms with van der Waals surface area (Å²) in [5, 5.41) is 12.4. The second-order valence-corrected chi connectivity index (χ2v) is 4.83. The van der Waals surface area contributed by atoms with Crippen LogP contribution in [0, 0.1) is 6.92 Å². The van der Waals surface area contributed by atoms with Crippen LogP contribution in [0.5, 0.6) is 0 Å². The SMILES string of the molecule is Cc1nc2c(n1Cc1cc(C(=O)O)no1)CCCC2. The molecule has 0 spiro atoms. The number of carboxylic acid groups (broad SMARTS) is 1. The molecule has 0 atom stereocenters. The van der Waals surface area contributed by atoms with Gasteiger partial charge in [-0.2, -0.15) is 0 Å². The molecule has 6 nitrogen and oxygen atoms in total. The van der Waals surface area contributed by atoms with Gasteiger partial charge in [0.25, 0.3) is 0 Å². The van der Waals surface area contributed by atoms with Crippen molar-refractivity contribution < 1.29 is 14.4 Å². The molecule has 3 rings (SSSR count). The molecule has 0 amide bonds. The molecule has 0 aliphatic heterocycles. The Morgan fingerprint density at radius 1 is 1.47 bits per heavy atom. The average Bonchev–Trinajstić information content (AvgIpc) is 2.96. The zero-order chi connectivity index (χ0) is 13.4. The highest BCUT2D eigenvalue weighted by atomic mass is 16.5. The predicted molar refractivity (Wildman–Crippen MR) is 66.2 cm³/mol. The maximum absolute atomic E-state index is 10.8. The quantitative estimate of drug-likeness (QED) is 0.911. The van der Waals surface area contributed by atoms with E-state index in [1.54, 1.807) is 0 Å². The topological polar surface area (TPSA) is 81.2 Å². The number of hydrogen-bond donors (Lipinski definition) is 1. The van der Waals surface area contributed by atoms with Gasteiger partial charge in [0.15, 0.2) is 11.5 Å². The smallest absolute Gasteiger partial charge is 0.358 e. The van der Waals surface area contributed by atoms with Crippen molar-refractivity contribution in [3.63, 3.8) is 0 Å². The van der Waals surface area contributed by atoms with Gasteiger partial charge in [0.1, 0.15) is 5.82 Å². The van der Waals surface area contributed by atoms with Crippen LogP contribution in [0.2, 0.25) is 0 Å². The highest BCUT2D eigenvalue weighted by Crippen LogP contribution is 2.23. The van der Waals surface area contributed by atoms with Crippen molar-refractivity contribution in [3.8, 4) is 0 Å². The Hall–Kier alpha value is -2.11. The molecule has 0 fully saturated rings. The van der Waals surface area contributed by atoms with E-state index >= 15 is 0 Å². The highest BCUT2D eigenvalue weighted by molar-refractivity contribution is 5.85. The van der Waals surface area contributed by atoms with Crippen LogP contribution in [0.1, 0.15) is 46.3 Å². The first-order chi connectivity index (χ1) is 9.15. The van der Waals surface area contributed by atoms with E-state index in [2.05, 4.69) is 14.7 Å². The fraction of sp³-hybridized carbons (Fsp3) is 0.462. The molecule has 1 aliphatic carbocycles. The van der Waals surface area contributed by atoms with E-state index in [9.17, 15) is 4.79 Å². The Kier molecular flexibility index (Phi) is 2.85. The van der Waals surface area contributed by atoms with Gasteiger partial charge >= 0.3 is 5.97 Å². The van der Waals surface area contributed by atoms with Gasteiger partial charge in [0.05, 0.1) is 12.2 Å². The molecular weight excluding hydrogens is 246 g/mol. The largest absolute Gasteiger partial charge is 0.476 e. The van der Waals surface area contributed by atoms with Crippen molar-refractivity contribution >= 4 is 5.97 Å². The average molecular weight is 261 g/mol. The summed E-state index contributed by atoms with van der Waals surface area (Å²) in [6.45, 7) is 2.46. The fourth-order valence-electron chi connectivity index (χ4n) is 2.59. The first-order valence-electron chi connectivity index (χ1n) is 6.39. The van der Waals surface area contributed by atoms with E-state index in [1.165, 1.54) is 30.3 Å². The molecule has 19 heavy (non-hydrogen) atoms. The lowest BCUT2D eigenvalue weighted by Gasteiger charge is -2.13. The van der Waals surface area contributed by atoms with Crippen LogP contribution in [-0.4, -0.2) is 25.8 Å². The van der Waals surface area contributed by atoms with Crippen LogP contribution in [0.15, 0.2) is 10.6 Å². The van der Waals surface area contributed by atoms with Gasteiger partial charge in [-0.15, -0.1) is 0 Å². The Morgan fingerprint density at radius 3 is 3.00 bits per heavy atom. The number of aromatic nitrogens is 3. The summed E-state index contributed by atoms with van der Waals surface area (Å²) in [4.78, 5) is 15.3. The van der Waals surface area contributed by atoms with Gasteiger partial charge in [-0.3, -0.25) is 0 Å². The molecular formula is C13H15N3O3. The number of imidazole rings is 1. The minimum atomic E-state index is -1.07. The molecule has 0 unspecified atom stereocenters. The number of carboxylic acids is 1. The van der Waals surface area contributed by atoms with Gasteiger partial charge in [-0.25, -0.2) is 9.78 Å². The molecule has 0 saturated carbocycles. The maximum atomic E-state index is 10.8. The van der Waals surface area contributed by atoms with Crippen molar-refractivity contribution in [2.75, 3.05) is 0 Å². The Morgan fingerprint density at radius 2 is 2.26 bits per heavy atom. The standard InChI is InChI=1S/C13H15N3O3/c1-8-14-10-4-2-3-5-12(10)16(8)7-9-6-11(13(17)18)15-19-9/h6H,2-5,7H2,1H3,(H,17,18). The molecule has 100 valence electrons. The summed E-state index contributed by atoms with van der Waals surface area (Å²) in [6, 6.07) is 1.47. The van der Waals surface area contributed by atoms with Crippen molar-refractivity contribution in [3.05, 3.63) is 34.7 Å². The molecule has 6 heteroatoms. The van der Waals surface area contributed by atoms with Crippen molar-refractivity contribution in [1.82, 2.24) is 14.7 Å². The number of rotatable bonds is 3. The summed E-state index contributed by atoms with van der Waals surface area (Å²) >= 11 is 0. The minimum Gasteiger partial charge on any atom is -0.476 e. The monoisotopic (exact) mass is 261 g/mol. The Balaban J connectivity index is 1.90. The molecule has 0 saturated heterocycles. The van der Waals surface area contributed by atoms with E-state index in [4.69, 9.17) is 9.63 Å². The van der Waals surface area contributed by atoms with Crippen LogP contribution in [0.4, 0.5) is 0 Å². The highest BCUT2D eigenvalue weighted by Gasteiger charge is 2.19. The van der Waals surface area contributed by atoms with Gasteiger partial charge < -0.3 is 14.2 Å². The predicted octanol–water partition coefficient (Wildman–Crippen LogP) is 1.80. The number of fused-ring (bicyclic) bond motifs is 1. The van der Waals surface area contributed by atoms with Crippen molar-refractivity contribution in [2.24, 2.45) is 0 Å². The third kappa shape index (κ3) is 2.14. The number of aryl methyl sites for hydroxylation is 2. The lowest BCUT2D eigenvalue weighted by molar-refractivity contribution is 0.0685. The molecule has 2 heterocycles. The van der Waals surface area contributed by atoms with Crippen LogP contribution in [0.25, 0.3) is 0 Å². The van der Waals surface area contributed by atoms with Crippen molar-refractivity contribution in [2.45, 2.75) is 39.2 Å². The lowest BCUT2D eigenvalue weighted by atomic mass is 10.0. The molecule has 2 aromatic heterocycles. The minimum absolute atomic E-state index is 0.0540. The summed E-state index contributed by atoms with van der Waals surface area (Å²) in [6.07, 6.45) is 4.42. The second-order valence-electron chi connectivity index (χ2n) is 4.83. The van der Waals surface area contributed by atoms with Crippen LogP contribution < -0.4 is 0 Å². The van der Waals surface area contributed by atoms with Crippen LogP contribution in [-0.2, 0) is 19.4 Å². The van der Waals surface area contributed by atoms with Crippen LogP contribution >= 0.6 is 0 Å². The number of nitrogens with zero attached hydrogens (tertiary/aromatic N) is 3. The summed E-state index contributed by atoms with van der Waals surface area (Å²) in [7, 11) is 0. The van der Waals surface area contributed by atoms with Gasteiger partial charge in [-0.05, 0) is 32.6 Å². The summed E-state index contributed by atoms with van der Waals surface area (Å²) in [5.74, 6) is 0.422. The molecule has 0 aromatic carbocycles. The van der Waals surface area contributed by atoms with E-state index in [-0.39, 0.29) is 5.69 Å².